The Kier molecular flexibility index (Phi) is 4.52. The molecule has 1 fully saturated rings. The molecule has 2 atom stereocenters. The second-order valence-electron chi connectivity index (χ2n) is 4.75. The Bertz CT molecular complexity index is 408. The van der Waals surface area contributed by atoms with Crippen molar-refractivity contribution in [1.29, 1.82) is 0 Å². The highest BCUT2D eigenvalue weighted by Gasteiger charge is 2.31. The van der Waals surface area contributed by atoms with E-state index in [0.717, 1.165) is 49.5 Å². The van der Waals surface area contributed by atoms with Gasteiger partial charge in [-0.15, -0.1) is 0 Å². The van der Waals surface area contributed by atoms with E-state index in [1.54, 1.807) is 0 Å². The summed E-state index contributed by atoms with van der Waals surface area (Å²) in [4.78, 5) is 15.6. The Labute approximate surface area is 111 Å². The average Bonchev–Trinajstić information content (AvgIpc) is 2.77. The maximum Gasteiger partial charge on any atom is 0.308 e. The van der Waals surface area contributed by atoms with Gasteiger partial charge >= 0.3 is 5.97 Å². The molecule has 18 heavy (non-hydrogen) atoms. The van der Waals surface area contributed by atoms with Crippen LogP contribution in [-0.2, 0) is 11.2 Å². The fourth-order valence-corrected chi connectivity index (χ4v) is 3.07. The molecule has 6 heteroatoms. The number of hydrogen-bond acceptors (Lipinski definition) is 5. The topological polar surface area (TPSA) is 75.1 Å². The van der Waals surface area contributed by atoms with Crippen molar-refractivity contribution < 1.29 is 9.90 Å². The Hall–Kier alpha value is -1.17. The van der Waals surface area contributed by atoms with Gasteiger partial charge in [0.1, 0.15) is 5.82 Å². The quantitative estimate of drug-likeness (QED) is 0.859. The van der Waals surface area contributed by atoms with Crippen LogP contribution in [-0.4, -0.2) is 26.5 Å². The van der Waals surface area contributed by atoms with E-state index in [1.807, 2.05) is 0 Å². The first-order valence-electron chi connectivity index (χ1n) is 6.52. The molecule has 1 heterocycles. The van der Waals surface area contributed by atoms with Gasteiger partial charge in [0.2, 0.25) is 5.13 Å². The number of hydrogen-bond donors (Lipinski definition) is 2. The molecule has 0 bridgehead atoms. The highest BCUT2D eigenvalue weighted by atomic mass is 32.1. The lowest BCUT2D eigenvalue weighted by Crippen LogP contribution is -2.37. The molecular weight excluding hydrogens is 250 g/mol. The van der Waals surface area contributed by atoms with E-state index in [1.165, 1.54) is 11.5 Å². The summed E-state index contributed by atoms with van der Waals surface area (Å²) >= 11 is 1.33. The van der Waals surface area contributed by atoms with Gasteiger partial charge in [0.15, 0.2) is 0 Å². The van der Waals surface area contributed by atoms with Crippen LogP contribution < -0.4 is 5.32 Å². The summed E-state index contributed by atoms with van der Waals surface area (Å²) < 4.78 is 4.26. The number of carboxylic acid groups (broad SMARTS) is 1. The molecule has 100 valence electrons. The molecule has 0 radical (unpaired) electrons. The van der Waals surface area contributed by atoms with Crippen molar-refractivity contribution in [3.8, 4) is 0 Å². The third-order valence-electron chi connectivity index (χ3n) is 3.33. The summed E-state index contributed by atoms with van der Waals surface area (Å²) in [5.41, 5.74) is 0. The van der Waals surface area contributed by atoms with Crippen molar-refractivity contribution in [3.63, 3.8) is 0 Å². The maximum atomic E-state index is 11.2. The number of carbonyl (C=O) groups is 1. The first-order chi connectivity index (χ1) is 8.70. The molecule has 1 aliphatic rings. The van der Waals surface area contributed by atoms with Crippen LogP contribution in [0.5, 0.6) is 0 Å². The zero-order chi connectivity index (χ0) is 13.0. The lowest BCUT2D eigenvalue weighted by atomic mass is 9.85. The monoisotopic (exact) mass is 269 g/mol. The van der Waals surface area contributed by atoms with Gasteiger partial charge in [-0.3, -0.25) is 4.79 Å². The van der Waals surface area contributed by atoms with Crippen LogP contribution in [0.1, 0.15) is 44.9 Å². The Morgan fingerprint density at radius 3 is 3.00 bits per heavy atom. The van der Waals surface area contributed by atoms with E-state index in [0.29, 0.717) is 0 Å². The van der Waals surface area contributed by atoms with Crippen molar-refractivity contribution in [2.75, 3.05) is 5.32 Å². The summed E-state index contributed by atoms with van der Waals surface area (Å²) in [5, 5.41) is 13.2. The molecule has 2 rings (SSSR count). The number of anilines is 1. The molecule has 5 nitrogen and oxygen atoms in total. The fourth-order valence-electron chi connectivity index (χ4n) is 2.40. The molecule has 2 N–H and O–H groups in total. The molecular formula is C12H19N3O2S. The van der Waals surface area contributed by atoms with Gasteiger partial charge in [0, 0.05) is 24.0 Å². The van der Waals surface area contributed by atoms with Gasteiger partial charge in [0.25, 0.3) is 0 Å². The van der Waals surface area contributed by atoms with E-state index >= 15 is 0 Å². The van der Waals surface area contributed by atoms with Crippen molar-refractivity contribution in [2.45, 2.75) is 51.5 Å². The number of aliphatic carboxylic acids is 1. The molecule has 0 aromatic carbocycles. The van der Waals surface area contributed by atoms with Gasteiger partial charge in [-0.2, -0.15) is 4.37 Å². The van der Waals surface area contributed by atoms with Crippen molar-refractivity contribution in [2.24, 2.45) is 5.92 Å². The first-order valence-corrected chi connectivity index (χ1v) is 7.30. The zero-order valence-electron chi connectivity index (χ0n) is 10.6. The molecule has 0 saturated heterocycles. The predicted octanol–water partition coefficient (Wildman–Crippen LogP) is 2.55. The van der Waals surface area contributed by atoms with Crippen LogP contribution in [0.15, 0.2) is 0 Å². The van der Waals surface area contributed by atoms with E-state index in [2.05, 4.69) is 21.6 Å². The smallest absolute Gasteiger partial charge is 0.308 e. The lowest BCUT2D eigenvalue weighted by Gasteiger charge is -2.28. The normalized spacial score (nSPS) is 23.8. The predicted molar refractivity (Wildman–Crippen MR) is 70.9 cm³/mol. The molecule has 1 aromatic heterocycles. The fraction of sp³-hybridized carbons (Fsp3) is 0.750. The van der Waals surface area contributed by atoms with E-state index < -0.39 is 5.97 Å². The Balaban J connectivity index is 1.99. The summed E-state index contributed by atoms with van der Waals surface area (Å²) in [7, 11) is 0. The first kappa shape index (κ1) is 13.3. The van der Waals surface area contributed by atoms with Crippen LogP contribution in [0, 0.1) is 5.92 Å². The largest absolute Gasteiger partial charge is 0.481 e. The van der Waals surface area contributed by atoms with Gasteiger partial charge in [-0.05, 0) is 19.3 Å². The van der Waals surface area contributed by atoms with E-state index in [9.17, 15) is 9.90 Å². The summed E-state index contributed by atoms with van der Waals surface area (Å²) in [6.07, 6.45) is 5.66. The van der Waals surface area contributed by atoms with Crippen molar-refractivity contribution in [1.82, 2.24) is 9.36 Å². The SMILES string of the molecule is CCCc1nsc(NC2CCCCC2C(=O)O)n1. The highest BCUT2D eigenvalue weighted by Crippen LogP contribution is 2.28. The molecule has 1 saturated carbocycles. The van der Waals surface area contributed by atoms with Crippen LogP contribution in [0.25, 0.3) is 0 Å². The van der Waals surface area contributed by atoms with Crippen LogP contribution >= 0.6 is 11.5 Å². The molecule has 0 amide bonds. The van der Waals surface area contributed by atoms with Gasteiger partial charge in [-0.1, -0.05) is 19.8 Å². The molecule has 0 aliphatic heterocycles. The minimum Gasteiger partial charge on any atom is -0.481 e. The second kappa shape index (κ2) is 6.13. The number of aryl methyl sites for hydroxylation is 1. The highest BCUT2D eigenvalue weighted by molar-refractivity contribution is 7.09. The summed E-state index contributed by atoms with van der Waals surface area (Å²) in [6, 6.07) is -0.00123. The average molecular weight is 269 g/mol. The van der Waals surface area contributed by atoms with Gasteiger partial charge < -0.3 is 10.4 Å². The van der Waals surface area contributed by atoms with Gasteiger partial charge in [0.05, 0.1) is 5.92 Å². The molecule has 0 spiro atoms. The van der Waals surface area contributed by atoms with Crippen LogP contribution in [0.3, 0.4) is 0 Å². The number of rotatable bonds is 5. The minimum absolute atomic E-state index is 0.00123. The van der Waals surface area contributed by atoms with E-state index in [-0.39, 0.29) is 12.0 Å². The van der Waals surface area contributed by atoms with Crippen molar-refractivity contribution >= 4 is 22.6 Å². The molecule has 1 aliphatic carbocycles. The number of nitrogens with zero attached hydrogens (tertiary/aromatic N) is 2. The van der Waals surface area contributed by atoms with E-state index in [4.69, 9.17) is 0 Å². The second-order valence-corrected chi connectivity index (χ2v) is 5.50. The summed E-state index contributed by atoms with van der Waals surface area (Å²) in [6.45, 7) is 2.09. The van der Waals surface area contributed by atoms with Crippen LogP contribution in [0.4, 0.5) is 5.13 Å². The molecule has 2 unspecified atom stereocenters. The van der Waals surface area contributed by atoms with Crippen molar-refractivity contribution in [3.05, 3.63) is 5.82 Å². The van der Waals surface area contributed by atoms with Gasteiger partial charge in [-0.25, -0.2) is 4.98 Å². The third-order valence-corrected chi connectivity index (χ3v) is 4.02. The number of carboxylic acids is 1. The minimum atomic E-state index is -0.703. The summed E-state index contributed by atoms with van der Waals surface area (Å²) in [5.74, 6) is -0.143. The van der Waals surface area contributed by atoms with Crippen LogP contribution in [0.2, 0.25) is 0 Å². The Morgan fingerprint density at radius 2 is 2.28 bits per heavy atom. The third kappa shape index (κ3) is 3.19. The zero-order valence-corrected chi connectivity index (χ0v) is 11.4. The Morgan fingerprint density at radius 1 is 1.50 bits per heavy atom. The number of aromatic nitrogens is 2. The standard InChI is InChI=1S/C12H19N3O2S/c1-2-5-10-14-12(18-15-10)13-9-7-4-3-6-8(9)11(16)17/h8-9H,2-7H2,1H3,(H,16,17)(H,13,14,15). The maximum absolute atomic E-state index is 11.2. The lowest BCUT2D eigenvalue weighted by molar-refractivity contribution is -0.143. The number of nitrogens with one attached hydrogen (secondary N) is 1. The molecule has 1 aromatic rings.